The van der Waals surface area contributed by atoms with Crippen molar-refractivity contribution < 1.29 is 88.6 Å². The molecule has 0 aromatic carbocycles. The predicted molar refractivity (Wildman–Crippen MR) is 79.0 cm³/mol. The monoisotopic (exact) mass is 586 g/mol. The maximum atomic E-state index is 15.0. The van der Waals surface area contributed by atoms with Gasteiger partial charge >= 0.3 is 58.5 Å². The van der Waals surface area contributed by atoms with Crippen LogP contribution in [-0.4, -0.2) is 70.5 Å². The van der Waals surface area contributed by atoms with Crippen molar-refractivity contribution in [3.05, 3.63) is 12.4 Å². The van der Waals surface area contributed by atoms with Crippen LogP contribution in [0.2, 0.25) is 0 Å². The van der Waals surface area contributed by atoms with Gasteiger partial charge in [-0.1, -0.05) is 6.58 Å². The lowest BCUT2D eigenvalue weighted by Gasteiger charge is -2.76. The van der Waals surface area contributed by atoms with E-state index < -0.39 is 88.2 Å². The van der Waals surface area contributed by atoms with Crippen LogP contribution in [0.3, 0.4) is 0 Å². The van der Waals surface area contributed by atoms with Crippen LogP contribution in [0.25, 0.3) is 0 Å². The van der Waals surface area contributed by atoms with E-state index in [1.54, 1.807) is 0 Å². The number of hydrogen-bond acceptors (Lipinski definition) is 2. The number of rotatable bonds is 5. The van der Waals surface area contributed by atoms with Crippen molar-refractivity contribution in [3.8, 4) is 0 Å². The van der Waals surface area contributed by atoms with Crippen LogP contribution >= 0.6 is 0 Å². The highest BCUT2D eigenvalue weighted by Gasteiger charge is 3.24. The summed E-state index contributed by atoms with van der Waals surface area (Å²) in [6.45, 7) is 2.19. The number of carbonyl (C=O) groups excluding carboxylic acids is 1. The van der Waals surface area contributed by atoms with E-state index in [0.29, 0.717) is 0 Å². The average molecular weight is 586 g/mol. The average Bonchev–Trinajstić information content (AvgIpc) is 2.66. The van der Waals surface area contributed by atoms with Gasteiger partial charge in [-0.25, -0.2) is 53.1 Å². The molecule has 0 radical (unpaired) electrons. The van der Waals surface area contributed by atoms with E-state index in [1.807, 2.05) is 0 Å². The lowest BCUT2D eigenvalue weighted by atomic mass is 9.35. The van der Waals surface area contributed by atoms with E-state index in [4.69, 9.17) is 0 Å². The largest absolute Gasteiger partial charge is 0.457 e. The van der Waals surface area contributed by atoms with Gasteiger partial charge in [0.15, 0.2) is 0 Å². The third-order valence-corrected chi connectivity index (χ3v) is 6.93. The molecular formula is C17H8F18O2. The van der Waals surface area contributed by atoms with Crippen LogP contribution in [0, 0.1) is 5.41 Å². The number of esters is 1. The van der Waals surface area contributed by atoms with Crippen LogP contribution in [-0.2, 0) is 9.53 Å². The molecule has 4 fully saturated rings. The molecule has 0 spiro atoms. The molecule has 0 heterocycles. The Balaban J connectivity index is 2.53. The molecule has 20 heteroatoms. The van der Waals surface area contributed by atoms with Crippen molar-refractivity contribution >= 4 is 5.97 Å². The quantitative estimate of drug-likeness (QED) is 0.212. The predicted octanol–water partition coefficient (Wildman–Crippen LogP) is 6.39. The molecule has 0 amide bonds. The number of halogens is 18. The second kappa shape index (κ2) is 6.56. The summed E-state index contributed by atoms with van der Waals surface area (Å²) >= 11 is 0. The van der Waals surface area contributed by atoms with Gasteiger partial charge in [0.25, 0.3) is 5.92 Å². The number of ether oxygens (including phenoxy) is 1. The standard InChI is InChI=1S/C17H8F18O2/c1-4(37-6(36)5(2)18)3-7(19,20)8-12(24,25)9(21)15(30,31)10(22,13(8,26)27)17(34,35)11(23,14(8,28)29)16(9,32)33/h4H,2-3H2,1H3. The maximum Gasteiger partial charge on any atom is 0.366 e. The molecule has 2 nitrogen and oxygen atoms in total. The van der Waals surface area contributed by atoms with E-state index in [9.17, 15) is 75.0 Å². The fourth-order valence-corrected chi connectivity index (χ4v) is 5.34. The first-order valence-electron chi connectivity index (χ1n) is 9.24. The Hall–Kier alpha value is -2.05. The van der Waals surface area contributed by atoms with Gasteiger partial charge in [0.05, 0.1) is 0 Å². The highest BCUT2D eigenvalue weighted by molar-refractivity contribution is 5.85. The summed E-state index contributed by atoms with van der Waals surface area (Å²) in [6.07, 6.45) is -6.45. The summed E-state index contributed by atoms with van der Waals surface area (Å²) in [4.78, 5) is 11.0. The highest BCUT2D eigenvalue weighted by atomic mass is 19.4. The Kier molecular flexibility index (Phi) is 5.23. The van der Waals surface area contributed by atoms with E-state index >= 15 is 8.78 Å². The third-order valence-electron chi connectivity index (χ3n) is 6.93. The molecule has 1 unspecified atom stereocenters. The molecule has 4 bridgehead atoms. The molecule has 37 heavy (non-hydrogen) atoms. The molecular weight excluding hydrogens is 578 g/mol. The third kappa shape index (κ3) is 2.12. The Labute approximate surface area is 191 Å². The van der Waals surface area contributed by atoms with E-state index in [2.05, 4.69) is 11.3 Å². The number of alkyl halides is 17. The zero-order chi connectivity index (χ0) is 29.6. The highest BCUT2D eigenvalue weighted by Crippen LogP contribution is 2.92. The van der Waals surface area contributed by atoms with Crippen LogP contribution in [0.15, 0.2) is 12.4 Å². The molecule has 0 aromatic heterocycles. The molecule has 4 saturated carbocycles. The first-order chi connectivity index (χ1) is 16.0. The lowest BCUT2D eigenvalue weighted by molar-refractivity contribution is -0.628. The van der Waals surface area contributed by atoms with Gasteiger partial charge in [0.1, 0.15) is 6.10 Å². The fourth-order valence-electron chi connectivity index (χ4n) is 5.34. The zero-order valence-electron chi connectivity index (χ0n) is 17.1. The van der Waals surface area contributed by atoms with Gasteiger partial charge in [-0.2, -0.15) is 30.7 Å². The molecule has 214 valence electrons. The molecule has 4 aliphatic carbocycles. The molecule has 0 N–H and O–H groups in total. The molecule has 1 atom stereocenters. The molecule has 0 aliphatic heterocycles. The smallest absolute Gasteiger partial charge is 0.366 e. The van der Waals surface area contributed by atoms with Gasteiger partial charge < -0.3 is 4.74 Å². The van der Waals surface area contributed by atoms with Crippen molar-refractivity contribution in [2.45, 2.75) is 77.9 Å². The Bertz CT molecular complexity index is 949. The molecule has 0 saturated heterocycles. The molecule has 4 aliphatic rings. The zero-order valence-corrected chi connectivity index (χ0v) is 17.1. The number of carbonyl (C=O) groups is 1. The van der Waals surface area contributed by atoms with Crippen LogP contribution in [0.5, 0.6) is 0 Å². The van der Waals surface area contributed by atoms with Crippen LogP contribution < -0.4 is 0 Å². The Morgan fingerprint density at radius 1 is 0.676 bits per heavy atom. The molecule has 4 rings (SSSR count). The van der Waals surface area contributed by atoms with Gasteiger partial charge in [0, 0.05) is 6.42 Å². The van der Waals surface area contributed by atoms with E-state index in [-0.39, 0.29) is 6.92 Å². The topological polar surface area (TPSA) is 26.3 Å². The maximum absolute atomic E-state index is 15.0. The van der Waals surface area contributed by atoms with Gasteiger partial charge in [-0.3, -0.25) is 0 Å². The summed E-state index contributed by atoms with van der Waals surface area (Å²) in [6, 6.07) is 0. The fraction of sp³-hybridized carbons (Fsp3) is 0.824. The first kappa shape index (κ1) is 29.5. The Morgan fingerprint density at radius 2 is 0.946 bits per heavy atom. The minimum atomic E-state index is -8.32. The summed E-state index contributed by atoms with van der Waals surface area (Å²) in [5.74, 6) is -61.4. The summed E-state index contributed by atoms with van der Waals surface area (Å²) < 4.78 is 267. The van der Waals surface area contributed by atoms with Crippen LogP contribution in [0.1, 0.15) is 13.3 Å². The summed E-state index contributed by atoms with van der Waals surface area (Å²) in [7, 11) is 0. The second-order valence-corrected chi connectivity index (χ2v) is 8.70. The van der Waals surface area contributed by atoms with Crippen molar-refractivity contribution in [3.63, 3.8) is 0 Å². The Morgan fingerprint density at radius 3 is 1.19 bits per heavy atom. The normalized spacial score (nSPS) is 42.2. The summed E-state index contributed by atoms with van der Waals surface area (Å²) in [5.41, 5.74) is -32.6. The van der Waals surface area contributed by atoms with E-state index in [1.165, 1.54) is 0 Å². The summed E-state index contributed by atoms with van der Waals surface area (Å²) in [5, 5.41) is 0. The van der Waals surface area contributed by atoms with Crippen LogP contribution in [0.4, 0.5) is 79.0 Å². The van der Waals surface area contributed by atoms with Gasteiger partial charge in [0.2, 0.25) is 11.2 Å². The van der Waals surface area contributed by atoms with Crippen molar-refractivity contribution in [1.82, 2.24) is 0 Å². The van der Waals surface area contributed by atoms with Crippen molar-refractivity contribution in [2.75, 3.05) is 0 Å². The van der Waals surface area contributed by atoms with Crippen molar-refractivity contribution in [2.24, 2.45) is 5.41 Å². The SMILES string of the molecule is C=C(F)C(=O)OC(C)CC(F)(F)C12C(F)(F)C3(F)C(F)(F)C(F)(C(F)(F)C(F)(C3(F)F)C1(F)F)C2(F)F. The van der Waals surface area contributed by atoms with E-state index in [0.717, 1.165) is 0 Å². The van der Waals surface area contributed by atoms with Crippen molar-refractivity contribution in [1.29, 1.82) is 0 Å². The van der Waals surface area contributed by atoms with Gasteiger partial charge in [-0.05, 0) is 6.92 Å². The number of hydrogen-bond donors (Lipinski definition) is 0. The van der Waals surface area contributed by atoms with Gasteiger partial charge in [-0.15, -0.1) is 0 Å². The molecule has 0 aromatic rings. The first-order valence-corrected chi connectivity index (χ1v) is 9.24. The second-order valence-electron chi connectivity index (χ2n) is 8.70. The minimum Gasteiger partial charge on any atom is -0.457 e. The minimum absolute atomic E-state index is 0.0247. The lowest BCUT2D eigenvalue weighted by Crippen LogP contribution is -3.09.